The smallest absolute Gasteiger partial charge is 0.316 e. The van der Waals surface area contributed by atoms with Crippen LogP contribution in [0, 0.1) is 11.3 Å². The average molecular weight is 296 g/mol. The fourth-order valence-electron chi connectivity index (χ4n) is 1.25. The third kappa shape index (κ3) is 9.75. The summed E-state index contributed by atoms with van der Waals surface area (Å²) >= 11 is 3.48. The highest BCUT2D eigenvalue weighted by atomic mass is 32.1. The number of hydrogen-bond acceptors (Lipinski definition) is 5. The van der Waals surface area contributed by atoms with E-state index >= 15 is 0 Å². The van der Waals surface area contributed by atoms with Crippen LogP contribution in [0.3, 0.4) is 0 Å². The molecule has 0 aliphatic heterocycles. The quantitative estimate of drug-likeness (QED) is 0.464. The second-order valence-corrected chi connectivity index (χ2v) is 5.91. The maximum atomic E-state index is 9.90. The van der Waals surface area contributed by atoms with Gasteiger partial charge >= 0.3 is 11.9 Å². The summed E-state index contributed by atoms with van der Waals surface area (Å²) in [6, 6.07) is 0. The highest BCUT2D eigenvalue weighted by Crippen LogP contribution is 2.24. The van der Waals surface area contributed by atoms with E-state index in [4.69, 9.17) is 15.3 Å². The molecule has 2 unspecified atom stereocenters. The van der Waals surface area contributed by atoms with Crippen molar-refractivity contribution >= 4 is 24.6 Å². The minimum Gasteiger partial charge on any atom is -0.481 e. The molecule has 0 aromatic heterocycles. The van der Waals surface area contributed by atoms with Gasteiger partial charge in [0.1, 0.15) is 5.25 Å². The van der Waals surface area contributed by atoms with E-state index in [9.17, 15) is 14.7 Å². The predicted octanol–water partition coefficient (Wildman–Crippen LogP) is 0.866. The fraction of sp³-hybridized carbons (Fsp3) is 0.833. The molecule has 6 nitrogen and oxygen atoms in total. The van der Waals surface area contributed by atoms with E-state index in [-0.39, 0.29) is 17.9 Å². The molecule has 114 valence electrons. The third-order valence-electron chi connectivity index (χ3n) is 2.49. The van der Waals surface area contributed by atoms with Gasteiger partial charge in [-0.2, -0.15) is 12.6 Å². The van der Waals surface area contributed by atoms with Crippen LogP contribution in [-0.4, -0.2) is 50.3 Å². The molecule has 0 spiro atoms. The highest BCUT2D eigenvalue weighted by molar-refractivity contribution is 7.81. The van der Waals surface area contributed by atoms with Crippen LogP contribution >= 0.6 is 12.6 Å². The lowest BCUT2D eigenvalue weighted by Crippen LogP contribution is -2.36. The predicted molar refractivity (Wildman–Crippen MR) is 74.4 cm³/mol. The Labute approximate surface area is 118 Å². The van der Waals surface area contributed by atoms with Gasteiger partial charge in [0.15, 0.2) is 0 Å². The lowest BCUT2D eigenvalue weighted by molar-refractivity contribution is -0.142. The molecule has 0 aliphatic carbocycles. The SMILES string of the molecule is CC(C)C(O)C(C)(C)CO.O=C(O)CC(S)C(=O)O. The molecule has 0 heterocycles. The number of aliphatic carboxylic acids is 2. The summed E-state index contributed by atoms with van der Waals surface area (Å²) < 4.78 is 0. The van der Waals surface area contributed by atoms with Gasteiger partial charge in [-0.1, -0.05) is 27.7 Å². The Bertz CT molecular complexity index is 290. The lowest BCUT2D eigenvalue weighted by Gasteiger charge is -2.30. The van der Waals surface area contributed by atoms with E-state index in [1.54, 1.807) is 0 Å². The Morgan fingerprint density at radius 3 is 1.74 bits per heavy atom. The zero-order valence-electron chi connectivity index (χ0n) is 11.7. The minimum absolute atomic E-state index is 0.0341. The zero-order valence-corrected chi connectivity index (χ0v) is 12.6. The van der Waals surface area contributed by atoms with Crippen LogP contribution in [0.15, 0.2) is 0 Å². The van der Waals surface area contributed by atoms with Crippen molar-refractivity contribution in [1.29, 1.82) is 0 Å². The molecular weight excluding hydrogens is 272 g/mol. The molecule has 4 N–H and O–H groups in total. The molecular formula is C12H24O6S. The van der Waals surface area contributed by atoms with Gasteiger partial charge in [0, 0.05) is 5.41 Å². The van der Waals surface area contributed by atoms with Gasteiger partial charge in [0.05, 0.1) is 19.1 Å². The maximum absolute atomic E-state index is 9.90. The lowest BCUT2D eigenvalue weighted by atomic mass is 9.82. The summed E-state index contributed by atoms with van der Waals surface area (Å²) in [5.74, 6) is -2.15. The van der Waals surface area contributed by atoms with Crippen LogP contribution in [0.1, 0.15) is 34.1 Å². The molecule has 0 saturated carbocycles. The van der Waals surface area contributed by atoms with Crippen molar-refractivity contribution in [3.8, 4) is 0 Å². The van der Waals surface area contributed by atoms with Gasteiger partial charge in [-0.05, 0) is 5.92 Å². The third-order valence-corrected chi connectivity index (χ3v) is 2.90. The van der Waals surface area contributed by atoms with Gasteiger partial charge in [-0.3, -0.25) is 9.59 Å². The summed E-state index contributed by atoms with van der Waals surface area (Å²) in [6.07, 6.45) is -0.865. The van der Waals surface area contributed by atoms with Gasteiger partial charge in [-0.15, -0.1) is 0 Å². The van der Waals surface area contributed by atoms with E-state index in [2.05, 4.69) is 12.6 Å². The number of carbonyl (C=O) groups is 2. The van der Waals surface area contributed by atoms with Crippen molar-refractivity contribution < 1.29 is 30.0 Å². The number of carboxylic acid groups (broad SMARTS) is 2. The van der Waals surface area contributed by atoms with Gasteiger partial charge in [-0.25, -0.2) is 0 Å². The largest absolute Gasteiger partial charge is 0.481 e. The van der Waals surface area contributed by atoms with Crippen LogP contribution in [-0.2, 0) is 9.59 Å². The van der Waals surface area contributed by atoms with Crippen molar-refractivity contribution in [2.75, 3.05) is 6.61 Å². The van der Waals surface area contributed by atoms with Gasteiger partial charge in [0.2, 0.25) is 0 Å². The molecule has 0 aromatic carbocycles. The molecule has 19 heavy (non-hydrogen) atoms. The van der Waals surface area contributed by atoms with E-state index in [1.807, 2.05) is 27.7 Å². The summed E-state index contributed by atoms with van der Waals surface area (Å²) in [7, 11) is 0. The number of aliphatic hydroxyl groups is 2. The Morgan fingerprint density at radius 2 is 1.63 bits per heavy atom. The molecule has 0 bridgehead atoms. The Balaban J connectivity index is 0. The van der Waals surface area contributed by atoms with Crippen molar-refractivity contribution in [1.82, 2.24) is 0 Å². The second-order valence-electron chi connectivity index (χ2n) is 5.29. The fourth-order valence-corrected chi connectivity index (χ4v) is 1.40. The average Bonchev–Trinajstić information content (AvgIpc) is 2.27. The summed E-state index contributed by atoms with van der Waals surface area (Å²) in [5.41, 5.74) is -0.367. The Kier molecular flexibility index (Phi) is 9.90. The van der Waals surface area contributed by atoms with Crippen molar-refractivity contribution in [2.45, 2.75) is 45.5 Å². The second kappa shape index (κ2) is 9.17. The minimum atomic E-state index is -1.21. The number of aliphatic hydroxyl groups excluding tert-OH is 2. The zero-order chi connectivity index (χ0) is 15.8. The summed E-state index contributed by atoms with van der Waals surface area (Å²) in [6.45, 7) is 7.64. The molecule has 0 fully saturated rings. The first-order valence-electron chi connectivity index (χ1n) is 5.87. The van der Waals surface area contributed by atoms with Crippen molar-refractivity contribution in [3.63, 3.8) is 0 Å². The van der Waals surface area contributed by atoms with Crippen LogP contribution in [0.5, 0.6) is 0 Å². The number of thiol groups is 1. The van der Waals surface area contributed by atoms with E-state index in [0.29, 0.717) is 0 Å². The van der Waals surface area contributed by atoms with Crippen LogP contribution < -0.4 is 0 Å². The Hall–Kier alpha value is -0.790. The van der Waals surface area contributed by atoms with Crippen LogP contribution in [0.2, 0.25) is 0 Å². The van der Waals surface area contributed by atoms with Crippen LogP contribution in [0.4, 0.5) is 0 Å². The molecule has 2 atom stereocenters. The summed E-state index contributed by atoms with van der Waals surface area (Å²) in [5, 5.41) is 33.4. The molecule has 0 aromatic rings. The first-order valence-corrected chi connectivity index (χ1v) is 6.39. The highest BCUT2D eigenvalue weighted by Gasteiger charge is 2.28. The number of rotatable bonds is 6. The normalized spacial score (nSPS) is 14.3. The van der Waals surface area contributed by atoms with E-state index < -0.39 is 29.7 Å². The molecule has 7 heteroatoms. The maximum Gasteiger partial charge on any atom is 0.316 e. The standard InChI is InChI=1S/C8H18O2.C4H6O4S/c1-6(2)7(10)8(3,4)5-9;5-3(6)1-2(9)4(7)8/h6-7,9-10H,5H2,1-4H3;2,9H,1H2,(H,5,6)(H,7,8). The van der Waals surface area contributed by atoms with Crippen LogP contribution in [0.25, 0.3) is 0 Å². The van der Waals surface area contributed by atoms with Crippen molar-refractivity contribution in [3.05, 3.63) is 0 Å². The van der Waals surface area contributed by atoms with Crippen molar-refractivity contribution in [2.24, 2.45) is 11.3 Å². The molecule has 0 aliphatic rings. The van der Waals surface area contributed by atoms with Gasteiger partial charge < -0.3 is 20.4 Å². The first-order chi connectivity index (χ1) is 8.45. The number of hydrogen-bond donors (Lipinski definition) is 5. The molecule has 0 saturated heterocycles. The van der Waals surface area contributed by atoms with E-state index in [1.165, 1.54) is 0 Å². The number of carboxylic acids is 2. The molecule has 0 radical (unpaired) electrons. The topological polar surface area (TPSA) is 115 Å². The van der Waals surface area contributed by atoms with E-state index in [0.717, 1.165) is 0 Å². The Morgan fingerprint density at radius 1 is 1.21 bits per heavy atom. The first kappa shape index (κ1) is 20.5. The molecule has 0 amide bonds. The molecule has 0 rings (SSSR count). The summed E-state index contributed by atoms with van der Waals surface area (Å²) in [4.78, 5) is 19.7. The monoisotopic (exact) mass is 296 g/mol. The van der Waals surface area contributed by atoms with Gasteiger partial charge in [0.25, 0.3) is 0 Å².